The van der Waals surface area contributed by atoms with E-state index in [9.17, 15) is 5.21 Å². The molecular formula is C9H5ClN6O. The minimum atomic E-state index is 0.160. The molecule has 0 N–H and O–H groups in total. The van der Waals surface area contributed by atoms with Gasteiger partial charge in [0.2, 0.25) is 0 Å². The molecule has 17 heavy (non-hydrogen) atoms. The van der Waals surface area contributed by atoms with Gasteiger partial charge in [0.05, 0.1) is 5.10 Å². The number of halogens is 1. The minimum Gasteiger partial charge on any atom is -0.594 e. The van der Waals surface area contributed by atoms with E-state index in [1.54, 1.807) is 12.1 Å². The molecule has 0 spiro atoms. The monoisotopic (exact) mass is 248 g/mol. The molecule has 0 saturated carbocycles. The highest BCUT2D eigenvalue weighted by molar-refractivity contribution is 6.31. The van der Waals surface area contributed by atoms with Crippen LogP contribution in [0.2, 0.25) is 5.02 Å². The zero-order valence-corrected chi connectivity index (χ0v) is 9.11. The molecule has 0 amide bonds. The Balaban J connectivity index is 2.28. The van der Waals surface area contributed by atoms with Gasteiger partial charge in [0.15, 0.2) is 0 Å². The molecule has 0 bridgehead atoms. The van der Waals surface area contributed by atoms with Gasteiger partial charge < -0.3 is 5.21 Å². The number of hydrogen-bond acceptors (Lipinski definition) is 5. The van der Waals surface area contributed by atoms with Crippen LogP contribution in [-0.2, 0) is 0 Å². The minimum absolute atomic E-state index is 0.160. The van der Waals surface area contributed by atoms with E-state index in [0.29, 0.717) is 20.9 Å². The van der Waals surface area contributed by atoms with Gasteiger partial charge in [-0.2, -0.15) is 14.8 Å². The molecule has 0 atom stereocenters. The van der Waals surface area contributed by atoms with Crippen LogP contribution in [0.5, 0.6) is 0 Å². The Hall–Kier alpha value is -2.28. The average molecular weight is 249 g/mol. The van der Waals surface area contributed by atoms with Crippen molar-refractivity contribution in [1.29, 1.82) is 0 Å². The molecule has 0 aliphatic carbocycles. The topological polar surface area (TPSA) is 83.4 Å². The van der Waals surface area contributed by atoms with Crippen molar-refractivity contribution in [3.05, 3.63) is 41.1 Å². The number of aromatic nitrogens is 6. The van der Waals surface area contributed by atoms with E-state index in [1.165, 1.54) is 23.4 Å². The molecule has 0 unspecified atom stereocenters. The van der Waals surface area contributed by atoms with Crippen LogP contribution in [0.4, 0.5) is 0 Å². The third-order valence-electron chi connectivity index (χ3n) is 2.17. The first-order valence-electron chi connectivity index (χ1n) is 4.66. The summed E-state index contributed by atoms with van der Waals surface area (Å²) >= 11 is 5.79. The Bertz CT molecular complexity index is 683. The van der Waals surface area contributed by atoms with Crippen LogP contribution < -0.4 is 4.85 Å². The molecule has 0 fully saturated rings. The van der Waals surface area contributed by atoms with Gasteiger partial charge in [-0.05, 0) is 17.0 Å². The highest BCUT2D eigenvalue weighted by Crippen LogP contribution is 2.14. The van der Waals surface area contributed by atoms with E-state index >= 15 is 0 Å². The normalized spacial score (nSPS) is 10.9. The summed E-state index contributed by atoms with van der Waals surface area (Å²) in [5, 5.41) is 19.7. The number of hydrogen-bond donors (Lipinski definition) is 0. The molecule has 3 rings (SSSR count). The quantitative estimate of drug-likeness (QED) is 0.462. The highest BCUT2D eigenvalue weighted by Gasteiger charge is 2.12. The van der Waals surface area contributed by atoms with Crippen molar-refractivity contribution in [1.82, 2.24) is 24.8 Å². The lowest BCUT2D eigenvalue weighted by molar-refractivity contribution is -0.642. The van der Waals surface area contributed by atoms with Crippen LogP contribution in [0.1, 0.15) is 0 Å². The van der Waals surface area contributed by atoms with E-state index in [4.69, 9.17) is 11.6 Å². The predicted molar refractivity (Wildman–Crippen MR) is 58.4 cm³/mol. The van der Waals surface area contributed by atoms with Crippen molar-refractivity contribution in [3.8, 4) is 5.95 Å². The third-order valence-corrected chi connectivity index (χ3v) is 2.40. The Morgan fingerprint density at radius 1 is 1.35 bits per heavy atom. The molecule has 7 nitrogen and oxygen atoms in total. The van der Waals surface area contributed by atoms with Gasteiger partial charge in [0.1, 0.15) is 18.2 Å². The van der Waals surface area contributed by atoms with Crippen molar-refractivity contribution in [3.63, 3.8) is 0 Å². The molecule has 84 valence electrons. The Labute approximate surface area is 99.9 Å². The Morgan fingerprint density at radius 2 is 2.24 bits per heavy atom. The van der Waals surface area contributed by atoms with Crippen LogP contribution in [0.15, 0.2) is 30.9 Å². The van der Waals surface area contributed by atoms with Crippen molar-refractivity contribution in [2.24, 2.45) is 0 Å². The summed E-state index contributed by atoms with van der Waals surface area (Å²) in [6, 6.07) is 4.81. The lowest BCUT2D eigenvalue weighted by atomic mass is 10.3. The Morgan fingerprint density at radius 3 is 3.00 bits per heavy atom. The van der Waals surface area contributed by atoms with Gasteiger partial charge in [-0.3, -0.25) is 0 Å². The van der Waals surface area contributed by atoms with Gasteiger partial charge in [0.25, 0.3) is 5.52 Å². The van der Waals surface area contributed by atoms with Gasteiger partial charge in [-0.25, -0.2) is 4.98 Å². The maximum Gasteiger partial charge on any atom is 0.319 e. The van der Waals surface area contributed by atoms with E-state index in [2.05, 4.69) is 20.2 Å². The first-order valence-corrected chi connectivity index (χ1v) is 5.04. The number of nitrogens with zero attached hydrogens (tertiary/aromatic N) is 6. The van der Waals surface area contributed by atoms with Crippen LogP contribution >= 0.6 is 11.6 Å². The molecule has 1 aromatic carbocycles. The summed E-state index contributed by atoms with van der Waals surface area (Å²) in [5.74, 6) is 0.160. The first kappa shape index (κ1) is 9.91. The molecule has 0 radical (unpaired) electrons. The van der Waals surface area contributed by atoms with E-state index in [1.807, 2.05) is 0 Å². The van der Waals surface area contributed by atoms with Crippen LogP contribution in [0.25, 0.3) is 17.0 Å². The zero-order chi connectivity index (χ0) is 11.8. The molecule has 2 aromatic heterocycles. The summed E-state index contributed by atoms with van der Waals surface area (Å²) in [6.45, 7) is 0. The van der Waals surface area contributed by atoms with Gasteiger partial charge in [0, 0.05) is 11.1 Å². The lowest BCUT2D eigenvalue weighted by Gasteiger charge is -2.01. The standard InChI is InChI=1S/C9H5ClN6O/c10-6-1-2-7-8(3-6)16(17)14-9(13-7)15-5-11-4-12-15/h1-5H. The third kappa shape index (κ3) is 1.66. The van der Waals surface area contributed by atoms with Crippen LogP contribution in [-0.4, -0.2) is 24.8 Å². The predicted octanol–water partition coefficient (Wildman–Crippen LogP) is 0.497. The second-order valence-corrected chi connectivity index (χ2v) is 3.69. The van der Waals surface area contributed by atoms with E-state index < -0.39 is 0 Å². The second-order valence-electron chi connectivity index (χ2n) is 3.26. The fourth-order valence-electron chi connectivity index (χ4n) is 1.42. The molecule has 0 saturated heterocycles. The van der Waals surface area contributed by atoms with Gasteiger partial charge in [-0.15, -0.1) is 0 Å². The summed E-state index contributed by atoms with van der Waals surface area (Å²) in [6.07, 6.45) is 2.75. The lowest BCUT2D eigenvalue weighted by Crippen LogP contribution is -2.34. The van der Waals surface area contributed by atoms with Crippen molar-refractivity contribution >= 4 is 22.6 Å². The molecule has 3 aromatic rings. The summed E-state index contributed by atoms with van der Waals surface area (Å²) in [7, 11) is 0. The van der Waals surface area contributed by atoms with Crippen molar-refractivity contribution in [2.45, 2.75) is 0 Å². The fourth-order valence-corrected chi connectivity index (χ4v) is 1.58. The number of rotatable bonds is 1. The average Bonchev–Trinajstić information content (AvgIpc) is 2.83. The van der Waals surface area contributed by atoms with Crippen LogP contribution in [0, 0.1) is 5.21 Å². The summed E-state index contributed by atoms with van der Waals surface area (Å²) in [4.78, 5) is 8.41. The van der Waals surface area contributed by atoms with Gasteiger partial charge in [-0.1, -0.05) is 11.6 Å². The van der Waals surface area contributed by atoms with Crippen molar-refractivity contribution < 1.29 is 4.85 Å². The second kappa shape index (κ2) is 3.63. The number of fused-ring (bicyclic) bond motifs is 1. The Kier molecular flexibility index (Phi) is 2.12. The fraction of sp³-hybridized carbons (Fsp3) is 0. The largest absolute Gasteiger partial charge is 0.594 e. The summed E-state index contributed by atoms with van der Waals surface area (Å²) in [5.41, 5.74) is 0.797. The maximum absolute atomic E-state index is 11.7. The molecule has 0 aliphatic heterocycles. The van der Waals surface area contributed by atoms with Crippen LogP contribution in [0.3, 0.4) is 0 Å². The van der Waals surface area contributed by atoms with Crippen molar-refractivity contribution in [2.75, 3.05) is 0 Å². The molecule has 8 heteroatoms. The molecule has 2 heterocycles. The summed E-state index contributed by atoms with van der Waals surface area (Å²) < 4.78 is 1.31. The van der Waals surface area contributed by atoms with E-state index in [0.717, 1.165) is 0 Å². The SMILES string of the molecule is [O-][n+]1nc(-n2cncn2)nc2ccc(Cl)cc21. The number of benzene rings is 1. The smallest absolute Gasteiger partial charge is 0.319 e. The first-order chi connectivity index (χ1) is 8.24. The highest BCUT2D eigenvalue weighted by atomic mass is 35.5. The maximum atomic E-state index is 11.7. The zero-order valence-electron chi connectivity index (χ0n) is 8.36. The van der Waals surface area contributed by atoms with E-state index in [-0.39, 0.29) is 5.95 Å². The van der Waals surface area contributed by atoms with Gasteiger partial charge >= 0.3 is 5.95 Å². The molecule has 0 aliphatic rings. The molecular weight excluding hydrogens is 244 g/mol.